The number of alkyl halides is 3. The van der Waals surface area contributed by atoms with Gasteiger partial charge >= 0.3 is 6.18 Å². The number of nitriles is 1. The van der Waals surface area contributed by atoms with Gasteiger partial charge in [0, 0.05) is 31.3 Å². The van der Waals surface area contributed by atoms with Gasteiger partial charge in [-0.25, -0.2) is 24.9 Å². The highest BCUT2D eigenvalue weighted by molar-refractivity contribution is 5.68. The van der Waals surface area contributed by atoms with Gasteiger partial charge in [0.25, 0.3) is 0 Å². The highest BCUT2D eigenvalue weighted by atomic mass is 19.4. The molecule has 37 heavy (non-hydrogen) atoms. The second-order valence-electron chi connectivity index (χ2n) is 8.59. The number of imidazole rings is 1. The summed E-state index contributed by atoms with van der Waals surface area (Å²) in [6, 6.07) is 9.04. The predicted molar refractivity (Wildman–Crippen MR) is 127 cm³/mol. The van der Waals surface area contributed by atoms with Crippen molar-refractivity contribution in [2.24, 2.45) is 7.05 Å². The van der Waals surface area contributed by atoms with Gasteiger partial charge in [0.1, 0.15) is 35.2 Å². The minimum Gasteiger partial charge on any atom is -0.480 e. The molecule has 0 spiro atoms. The number of anilines is 1. The molecule has 1 N–H and O–H groups in total. The molecule has 1 aliphatic rings. The molecule has 0 saturated heterocycles. The number of halogens is 3. The molecule has 5 rings (SSSR count). The molecule has 9 nitrogen and oxygen atoms in total. The van der Waals surface area contributed by atoms with Gasteiger partial charge < -0.3 is 14.6 Å². The molecule has 4 aromatic rings. The molecule has 1 fully saturated rings. The number of benzene rings is 1. The Morgan fingerprint density at radius 2 is 1.89 bits per heavy atom. The highest BCUT2D eigenvalue weighted by Gasteiger charge is 2.34. The fraction of sp³-hybridized carbons (Fsp3) is 0.280. The molecule has 0 radical (unpaired) electrons. The van der Waals surface area contributed by atoms with Crippen LogP contribution in [0.3, 0.4) is 0 Å². The van der Waals surface area contributed by atoms with E-state index in [1.165, 1.54) is 31.2 Å². The average Bonchev–Trinajstić information content (AvgIpc) is 3.67. The van der Waals surface area contributed by atoms with E-state index in [0.29, 0.717) is 41.1 Å². The standard InChI is InChI=1S/C25H21F3N8O/c1-36-12-18(25(26,27)28)34-23(36)16-5-3-14(4-6-16)10-30-21-17(9-29)11-31-22(35-21)19-20(15-7-8-15)32-13-33-24(19)37-2/h3-6,11-13,15H,7-8,10H2,1-2H3,(H,30,31,35). The molecule has 0 atom stereocenters. The fourth-order valence-corrected chi connectivity index (χ4v) is 3.96. The van der Waals surface area contributed by atoms with E-state index in [1.807, 2.05) is 0 Å². The summed E-state index contributed by atoms with van der Waals surface area (Å²) in [5.74, 6) is 1.57. The van der Waals surface area contributed by atoms with Crippen LogP contribution in [0, 0.1) is 11.3 Å². The molecule has 0 aliphatic heterocycles. The van der Waals surface area contributed by atoms with Crippen molar-refractivity contribution < 1.29 is 17.9 Å². The van der Waals surface area contributed by atoms with Gasteiger partial charge in [-0.3, -0.25) is 0 Å². The third-order valence-corrected chi connectivity index (χ3v) is 5.97. The topological polar surface area (TPSA) is 114 Å². The van der Waals surface area contributed by atoms with Gasteiger partial charge in [-0.05, 0) is 18.4 Å². The largest absolute Gasteiger partial charge is 0.480 e. The summed E-state index contributed by atoms with van der Waals surface area (Å²) in [7, 11) is 3.04. The van der Waals surface area contributed by atoms with Gasteiger partial charge in [-0.15, -0.1) is 0 Å². The van der Waals surface area contributed by atoms with E-state index in [2.05, 4.69) is 36.3 Å². The van der Waals surface area contributed by atoms with E-state index >= 15 is 0 Å². The summed E-state index contributed by atoms with van der Waals surface area (Å²) in [6.45, 7) is 0.317. The van der Waals surface area contributed by atoms with E-state index in [4.69, 9.17) is 4.74 Å². The van der Waals surface area contributed by atoms with Crippen LogP contribution in [-0.2, 0) is 19.8 Å². The minimum atomic E-state index is -4.51. The number of nitrogens with zero attached hydrogens (tertiary/aromatic N) is 7. The maximum atomic E-state index is 13.0. The second kappa shape index (κ2) is 9.50. The van der Waals surface area contributed by atoms with Crippen LogP contribution in [0.5, 0.6) is 5.88 Å². The van der Waals surface area contributed by atoms with Crippen molar-refractivity contribution in [3.05, 3.63) is 65.5 Å². The zero-order valence-corrected chi connectivity index (χ0v) is 19.9. The molecule has 0 amide bonds. The van der Waals surface area contributed by atoms with Crippen LogP contribution in [0.2, 0.25) is 0 Å². The molecule has 3 aromatic heterocycles. The Kier molecular flexibility index (Phi) is 6.20. The quantitative estimate of drug-likeness (QED) is 0.383. The smallest absolute Gasteiger partial charge is 0.434 e. The van der Waals surface area contributed by atoms with Gasteiger partial charge in [0.15, 0.2) is 11.5 Å². The van der Waals surface area contributed by atoms with E-state index in [9.17, 15) is 18.4 Å². The van der Waals surface area contributed by atoms with Crippen LogP contribution >= 0.6 is 0 Å². The van der Waals surface area contributed by atoms with Crippen LogP contribution in [-0.4, -0.2) is 36.6 Å². The molecular formula is C25H21F3N8O. The summed E-state index contributed by atoms with van der Waals surface area (Å²) in [5, 5.41) is 12.7. The predicted octanol–water partition coefficient (Wildman–Crippen LogP) is 4.72. The number of hydrogen-bond donors (Lipinski definition) is 1. The van der Waals surface area contributed by atoms with E-state index in [0.717, 1.165) is 30.3 Å². The Bertz CT molecular complexity index is 1490. The van der Waals surface area contributed by atoms with Crippen molar-refractivity contribution in [1.82, 2.24) is 29.5 Å². The molecule has 3 heterocycles. The Hall–Kier alpha value is -4.53. The fourth-order valence-electron chi connectivity index (χ4n) is 3.96. The lowest BCUT2D eigenvalue weighted by atomic mass is 10.1. The first kappa shape index (κ1) is 24.2. The number of aryl methyl sites for hydroxylation is 1. The SMILES string of the molecule is COc1ncnc(C2CC2)c1-c1ncc(C#N)c(NCc2ccc(-c3nc(C(F)(F)F)cn3C)cc2)n1. The van der Waals surface area contributed by atoms with Crippen LogP contribution < -0.4 is 10.1 Å². The third-order valence-electron chi connectivity index (χ3n) is 5.97. The zero-order valence-electron chi connectivity index (χ0n) is 19.9. The van der Waals surface area contributed by atoms with Gasteiger partial charge in [0.2, 0.25) is 5.88 Å². The first-order valence-corrected chi connectivity index (χ1v) is 11.4. The Morgan fingerprint density at radius 3 is 2.51 bits per heavy atom. The Labute approximate surface area is 210 Å². The van der Waals surface area contributed by atoms with Crippen molar-refractivity contribution in [2.45, 2.75) is 31.5 Å². The molecule has 12 heteroatoms. The lowest BCUT2D eigenvalue weighted by Gasteiger charge is -2.13. The maximum absolute atomic E-state index is 13.0. The van der Waals surface area contributed by atoms with E-state index < -0.39 is 11.9 Å². The summed E-state index contributed by atoms with van der Waals surface area (Å²) >= 11 is 0. The van der Waals surface area contributed by atoms with Crippen molar-refractivity contribution in [3.63, 3.8) is 0 Å². The second-order valence-corrected chi connectivity index (χ2v) is 8.59. The monoisotopic (exact) mass is 506 g/mol. The molecule has 0 bridgehead atoms. The van der Waals surface area contributed by atoms with Crippen molar-refractivity contribution in [3.8, 4) is 34.7 Å². The Balaban J connectivity index is 1.38. The van der Waals surface area contributed by atoms with Gasteiger partial charge in [0.05, 0.1) is 19.0 Å². The number of aromatic nitrogens is 6. The van der Waals surface area contributed by atoms with Crippen molar-refractivity contribution >= 4 is 5.82 Å². The van der Waals surface area contributed by atoms with Crippen LogP contribution in [0.4, 0.5) is 19.0 Å². The lowest BCUT2D eigenvalue weighted by molar-refractivity contribution is -0.140. The first-order valence-electron chi connectivity index (χ1n) is 11.4. The van der Waals surface area contributed by atoms with Crippen molar-refractivity contribution in [1.29, 1.82) is 5.26 Å². The molecule has 0 unspecified atom stereocenters. The summed E-state index contributed by atoms with van der Waals surface area (Å²) < 4.78 is 45.8. The molecular weight excluding hydrogens is 485 g/mol. The molecule has 1 aliphatic carbocycles. The molecule has 1 aromatic carbocycles. The summed E-state index contributed by atoms with van der Waals surface area (Å²) in [4.78, 5) is 21.3. The third kappa shape index (κ3) is 4.93. The number of nitrogens with one attached hydrogen (secondary N) is 1. The molecule has 1 saturated carbocycles. The maximum Gasteiger partial charge on any atom is 0.434 e. The molecule has 188 valence electrons. The van der Waals surface area contributed by atoms with Gasteiger partial charge in [-0.2, -0.15) is 18.4 Å². The van der Waals surface area contributed by atoms with Crippen molar-refractivity contribution in [2.75, 3.05) is 12.4 Å². The van der Waals surface area contributed by atoms with E-state index in [1.54, 1.807) is 24.3 Å². The van der Waals surface area contributed by atoms with E-state index in [-0.39, 0.29) is 11.4 Å². The summed E-state index contributed by atoms with van der Waals surface area (Å²) in [5.41, 5.74) is 2.13. The number of hydrogen-bond acceptors (Lipinski definition) is 8. The van der Waals surface area contributed by atoms with Gasteiger partial charge in [-0.1, -0.05) is 24.3 Å². The van der Waals surface area contributed by atoms with Crippen LogP contribution in [0.1, 0.15) is 41.3 Å². The number of rotatable bonds is 7. The lowest BCUT2D eigenvalue weighted by Crippen LogP contribution is -2.07. The highest BCUT2D eigenvalue weighted by Crippen LogP contribution is 2.45. The van der Waals surface area contributed by atoms with Crippen LogP contribution in [0.25, 0.3) is 22.8 Å². The number of ether oxygens (including phenoxy) is 1. The average molecular weight is 506 g/mol. The first-order chi connectivity index (χ1) is 17.8. The normalized spacial score (nSPS) is 13.3. The van der Waals surface area contributed by atoms with Crippen LogP contribution in [0.15, 0.2) is 43.0 Å². The minimum absolute atomic E-state index is 0.213. The zero-order chi connectivity index (χ0) is 26.2. The summed E-state index contributed by atoms with van der Waals surface area (Å²) in [6.07, 6.45) is 1.38. The Morgan fingerprint density at radius 1 is 1.14 bits per heavy atom. The number of methoxy groups -OCH3 is 1.